The minimum absolute atomic E-state index is 0.0417. The molecule has 2 amide bonds. The fourth-order valence-corrected chi connectivity index (χ4v) is 7.12. The largest absolute Gasteiger partial charge is 0.484 e. The Labute approximate surface area is 168 Å². The van der Waals surface area contributed by atoms with Gasteiger partial charge in [-0.15, -0.1) is 0 Å². The van der Waals surface area contributed by atoms with Crippen LogP contribution in [0.1, 0.15) is 49.7 Å². The van der Waals surface area contributed by atoms with E-state index in [0.717, 1.165) is 24.8 Å². The van der Waals surface area contributed by atoms with Crippen LogP contribution in [0.15, 0.2) is 18.2 Å². The van der Waals surface area contributed by atoms with Crippen LogP contribution in [0, 0.1) is 31.1 Å². The molecule has 0 aromatic heterocycles. The van der Waals surface area contributed by atoms with Crippen molar-refractivity contribution in [1.82, 2.24) is 10.9 Å². The molecule has 2 atom stereocenters. The molecule has 6 heteroatoms. The molecule has 2 N–H and O–H groups in total. The van der Waals surface area contributed by atoms with E-state index in [1.54, 1.807) is 0 Å². The lowest BCUT2D eigenvalue weighted by Gasteiger charge is -2.59. The van der Waals surface area contributed by atoms with Crippen LogP contribution in [-0.2, 0) is 9.59 Å². The second-order valence-corrected chi connectivity index (χ2v) is 10.6. The zero-order valence-corrected chi connectivity index (χ0v) is 17.5. The van der Waals surface area contributed by atoms with Crippen molar-refractivity contribution in [2.75, 3.05) is 6.61 Å². The molecule has 0 spiro atoms. The number of hydrogen-bond donors (Lipinski definition) is 2. The molecule has 1 aromatic rings. The van der Waals surface area contributed by atoms with E-state index in [4.69, 9.17) is 4.74 Å². The number of benzene rings is 1. The smallest absolute Gasteiger partial charge is 0.276 e. The van der Waals surface area contributed by atoms with E-state index in [9.17, 15) is 9.59 Å². The van der Waals surface area contributed by atoms with Crippen molar-refractivity contribution in [1.29, 1.82) is 0 Å². The highest BCUT2D eigenvalue weighted by molar-refractivity contribution is 9.10. The fraction of sp³-hybridized carbons (Fsp3) is 0.619. The average molecular weight is 435 g/mol. The number of alkyl halides is 1. The average Bonchev–Trinajstić information content (AvgIpc) is 2.58. The van der Waals surface area contributed by atoms with Gasteiger partial charge in [-0.25, -0.2) is 0 Å². The number of aryl methyl sites for hydroxylation is 2. The third-order valence-electron chi connectivity index (χ3n) is 6.64. The van der Waals surface area contributed by atoms with Crippen molar-refractivity contribution >= 4 is 27.7 Å². The number of hydrogen-bond acceptors (Lipinski definition) is 3. The van der Waals surface area contributed by atoms with Crippen molar-refractivity contribution < 1.29 is 14.3 Å². The maximum atomic E-state index is 12.9. The maximum Gasteiger partial charge on any atom is 0.276 e. The summed E-state index contributed by atoms with van der Waals surface area (Å²) in [4.78, 5) is 25.0. The van der Waals surface area contributed by atoms with Gasteiger partial charge in [0.2, 0.25) is 5.91 Å². The normalized spacial score (nSPS) is 33.6. The van der Waals surface area contributed by atoms with E-state index in [1.807, 2.05) is 32.0 Å². The first-order chi connectivity index (χ1) is 12.8. The highest BCUT2D eigenvalue weighted by atomic mass is 79.9. The van der Waals surface area contributed by atoms with Gasteiger partial charge in [0.05, 0.1) is 5.41 Å². The van der Waals surface area contributed by atoms with Gasteiger partial charge in [-0.2, -0.15) is 0 Å². The van der Waals surface area contributed by atoms with E-state index in [2.05, 4.69) is 26.8 Å². The highest BCUT2D eigenvalue weighted by Crippen LogP contribution is 2.64. The van der Waals surface area contributed by atoms with E-state index < -0.39 is 0 Å². The predicted molar refractivity (Wildman–Crippen MR) is 106 cm³/mol. The second-order valence-electron chi connectivity index (χ2n) is 8.93. The Morgan fingerprint density at radius 1 is 1.11 bits per heavy atom. The van der Waals surface area contributed by atoms with Crippen molar-refractivity contribution in [3.63, 3.8) is 0 Å². The lowest BCUT2D eigenvalue weighted by atomic mass is 9.49. The summed E-state index contributed by atoms with van der Waals surface area (Å²) in [6.45, 7) is 3.91. The highest BCUT2D eigenvalue weighted by Gasteiger charge is 2.59. The Kier molecular flexibility index (Phi) is 4.73. The molecule has 0 radical (unpaired) electrons. The van der Waals surface area contributed by atoms with Crippen molar-refractivity contribution in [2.24, 2.45) is 17.3 Å². The van der Waals surface area contributed by atoms with Gasteiger partial charge in [-0.1, -0.05) is 22.0 Å². The third kappa shape index (κ3) is 3.73. The first-order valence-corrected chi connectivity index (χ1v) is 10.5. The summed E-state index contributed by atoms with van der Waals surface area (Å²) in [6.07, 6.45) is 6.35. The number of rotatable bonds is 4. The Hall–Kier alpha value is -1.56. The molecular weight excluding hydrogens is 408 g/mol. The zero-order valence-electron chi connectivity index (χ0n) is 15.9. The molecule has 4 saturated carbocycles. The standard InChI is InChI=1S/C21H27BrN2O3/c1-13-3-4-17(5-14(13)2)27-11-18(25)23-24-19(26)20-7-15-6-16(8-20)10-21(22,9-15)12-20/h3-5,15-16H,6-12H2,1-2H3,(H,23,25)(H,24,26). The van der Waals surface area contributed by atoms with E-state index in [0.29, 0.717) is 17.6 Å². The summed E-state index contributed by atoms with van der Waals surface area (Å²) in [5, 5.41) is 0. The molecule has 5 rings (SSSR count). The fourth-order valence-electron chi connectivity index (χ4n) is 5.66. The van der Waals surface area contributed by atoms with Crippen LogP contribution in [0.5, 0.6) is 5.75 Å². The maximum absolute atomic E-state index is 12.9. The summed E-state index contributed by atoms with van der Waals surface area (Å²) >= 11 is 3.92. The van der Waals surface area contributed by atoms with Crippen molar-refractivity contribution in [2.45, 2.75) is 56.7 Å². The van der Waals surface area contributed by atoms with Crippen LogP contribution in [0.2, 0.25) is 0 Å². The Balaban J connectivity index is 1.30. The number of hydrazine groups is 1. The van der Waals surface area contributed by atoms with Crippen molar-refractivity contribution in [3.8, 4) is 5.75 Å². The summed E-state index contributed by atoms with van der Waals surface area (Å²) in [5.41, 5.74) is 7.17. The summed E-state index contributed by atoms with van der Waals surface area (Å²) in [5.74, 6) is 1.52. The van der Waals surface area contributed by atoms with E-state index in [-0.39, 0.29) is 28.2 Å². The number of halogens is 1. The number of nitrogens with one attached hydrogen (secondary N) is 2. The van der Waals surface area contributed by atoms with Gasteiger partial charge in [-0.3, -0.25) is 20.4 Å². The van der Waals surface area contributed by atoms with Gasteiger partial charge in [0.15, 0.2) is 6.61 Å². The number of ether oxygens (including phenoxy) is 1. The van der Waals surface area contributed by atoms with Crippen LogP contribution < -0.4 is 15.6 Å². The van der Waals surface area contributed by atoms with Gasteiger partial charge in [0.1, 0.15) is 5.75 Å². The molecule has 0 heterocycles. The van der Waals surface area contributed by atoms with Gasteiger partial charge >= 0.3 is 0 Å². The minimum Gasteiger partial charge on any atom is -0.484 e. The SMILES string of the molecule is Cc1ccc(OCC(=O)NNC(=O)C23CC4CC(CC(Br)(C4)C2)C3)cc1C. The number of amides is 2. The molecule has 4 bridgehead atoms. The first kappa shape index (κ1) is 18.8. The molecule has 4 aliphatic rings. The first-order valence-electron chi connectivity index (χ1n) is 9.75. The van der Waals surface area contributed by atoms with Crippen LogP contribution in [0.25, 0.3) is 0 Å². The Morgan fingerprint density at radius 3 is 2.44 bits per heavy atom. The molecule has 146 valence electrons. The van der Waals surface area contributed by atoms with Crippen LogP contribution in [-0.4, -0.2) is 22.7 Å². The molecule has 5 nitrogen and oxygen atoms in total. The van der Waals surface area contributed by atoms with E-state index >= 15 is 0 Å². The molecule has 0 aliphatic heterocycles. The molecule has 4 aliphatic carbocycles. The zero-order chi connectivity index (χ0) is 19.2. The summed E-state index contributed by atoms with van der Waals surface area (Å²) < 4.78 is 5.65. The van der Waals surface area contributed by atoms with Gasteiger partial charge in [-0.05, 0) is 87.5 Å². The second kappa shape index (κ2) is 6.80. The quantitative estimate of drug-likeness (QED) is 0.562. The summed E-state index contributed by atoms with van der Waals surface area (Å²) in [7, 11) is 0. The Bertz CT molecular complexity index is 765. The lowest BCUT2D eigenvalue weighted by molar-refractivity contribution is -0.147. The minimum atomic E-state index is -0.347. The molecule has 0 saturated heterocycles. The third-order valence-corrected chi connectivity index (χ3v) is 7.56. The van der Waals surface area contributed by atoms with Gasteiger partial charge < -0.3 is 4.74 Å². The van der Waals surface area contributed by atoms with Crippen LogP contribution in [0.3, 0.4) is 0 Å². The monoisotopic (exact) mass is 434 g/mol. The topological polar surface area (TPSA) is 67.4 Å². The van der Waals surface area contributed by atoms with Gasteiger partial charge in [0, 0.05) is 4.32 Å². The predicted octanol–water partition coefficient (Wildman–Crippen LogP) is 3.56. The molecule has 2 unspecified atom stereocenters. The van der Waals surface area contributed by atoms with Crippen LogP contribution in [0.4, 0.5) is 0 Å². The molecule has 4 fully saturated rings. The number of carbonyl (C=O) groups excluding carboxylic acids is 2. The van der Waals surface area contributed by atoms with Gasteiger partial charge in [0.25, 0.3) is 5.91 Å². The summed E-state index contributed by atoms with van der Waals surface area (Å²) in [6, 6.07) is 5.72. The molecular formula is C21H27BrN2O3. The van der Waals surface area contributed by atoms with E-state index in [1.165, 1.54) is 24.8 Å². The lowest BCUT2D eigenvalue weighted by Crippen LogP contribution is -2.60. The Morgan fingerprint density at radius 2 is 1.81 bits per heavy atom. The molecule has 1 aromatic carbocycles. The van der Waals surface area contributed by atoms with Crippen molar-refractivity contribution in [3.05, 3.63) is 29.3 Å². The van der Waals surface area contributed by atoms with Crippen LogP contribution >= 0.6 is 15.9 Å². The number of carbonyl (C=O) groups is 2. The molecule has 27 heavy (non-hydrogen) atoms.